The van der Waals surface area contributed by atoms with Crippen molar-refractivity contribution in [2.24, 2.45) is 0 Å². The summed E-state index contributed by atoms with van der Waals surface area (Å²) in [4.78, 5) is 16.9. The van der Waals surface area contributed by atoms with Crippen molar-refractivity contribution in [3.8, 4) is 6.07 Å². The summed E-state index contributed by atoms with van der Waals surface area (Å²) in [6.45, 7) is 5.62. The SMILES string of the molecule is Cc1cccc(N2CCN(c3ccc(C(=O)Nc4ccc(C#N)cc4)nn3)CC2)c1. The van der Waals surface area contributed by atoms with Gasteiger partial charge in [0, 0.05) is 37.6 Å². The van der Waals surface area contributed by atoms with E-state index in [4.69, 9.17) is 5.26 Å². The molecule has 1 aliphatic rings. The van der Waals surface area contributed by atoms with Gasteiger partial charge in [0.15, 0.2) is 11.5 Å². The summed E-state index contributed by atoms with van der Waals surface area (Å²) in [6, 6.07) is 20.8. The number of rotatable bonds is 4. The number of aromatic nitrogens is 2. The molecule has 1 amide bonds. The normalized spacial score (nSPS) is 13.6. The van der Waals surface area contributed by atoms with Gasteiger partial charge in [-0.25, -0.2) is 0 Å². The lowest BCUT2D eigenvalue weighted by atomic mass is 10.2. The van der Waals surface area contributed by atoms with Crippen LogP contribution in [0.25, 0.3) is 0 Å². The third-order valence-electron chi connectivity index (χ3n) is 5.13. The maximum Gasteiger partial charge on any atom is 0.276 e. The van der Waals surface area contributed by atoms with E-state index in [-0.39, 0.29) is 11.6 Å². The highest BCUT2D eigenvalue weighted by Gasteiger charge is 2.19. The first kappa shape index (κ1) is 19.4. The molecule has 2 aromatic carbocycles. The number of anilines is 3. The van der Waals surface area contributed by atoms with Gasteiger partial charge in [0.2, 0.25) is 0 Å². The van der Waals surface area contributed by atoms with Gasteiger partial charge in [-0.3, -0.25) is 4.79 Å². The van der Waals surface area contributed by atoms with Crippen LogP contribution in [-0.2, 0) is 0 Å². The van der Waals surface area contributed by atoms with E-state index < -0.39 is 0 Å². The minimum atomic E-state index is -0.331. The van der Waals surface area contributed by atoms with E-state index in [2.05, 4.69) is 56.5 Å². The molecular formula is C23H22N6O. The fraction of sp³-hybridized carbons (Fsp3) is 0.217. The van der Waals surface area contributed by atoms with E-state index in [9.17, 15) is 4.79 Å². The molecule has 150 valence electrons. The Balaban J connectivity index is 1.35. The maximum atomic E-state index is 12.4. The van der Waals surface area contributed by atoms with Gasteiger partial charge in [-0.2, -0.15) is 5.26 Å². The fourth-order valence-corrected chi connectivity index (χ4v) is 3.46. The molecule has 7 nitrogen and oxygen atoms in total. The summed E-state index contributed by atoms with van der Waals surface area (Å²) in [7, 11) is 0. The van der Waals surface area contributed by atoms with E-state index in [1.165, 1.54) is 11.3 Å². The summed E-state index contributed by atoms with van der Waals surface area (Å²) in [6.07, 6.45) is 0. The van der Waals surface area contributed by atoms with Crippen molar-refractivity contribution >= 4 is 23.1 Å². The second kappa shape index (κ2) is 8.62. The highest BCUT2D eigenvalue weighted by molar-refractivity contribution is 6.02. The van der Waals surface area contributed by atoms with Crippen LogP contribution in [0.5, 0.6) is 0 Å². The molecular weight excluding hydrogens is 376 g/mol. The van der Waals surface area contributed by atoms with E-state index >= 15 is 0 Å². The van der Waals surface area contributed by atoms with Crippen molar-refractivity contribution in [3.63, 3.8) is 0 Å². The molecule has 2 heterocycles. The average Bonchev–Trinajstić information content (AvgIpc) is 2.80. The van der Waals surface area contributed by atoms with Crippen LogP contribution in [0.4, 0.5) is 17.2 Å². The molecule has 0 atom stereocenters. The molecule has 0 spiro atoms. The minimum absolute atomic E-state index is 0.251. The first-order valence-electron chi connectivity index (χ1n) is 9.84. The zero-order valence-corrected chi connectivity index (χ0v) is 16.7. The van der Waals surface area contributed by atoms with Crippen LogP contribution in [0.3, 0.4) is 0 Å². The van der Waals surface area contributed by atoms with Crippen LogP contribution in [0.15, 0.2) is 60.7 Å². The first-order valence-corrected chi connectivity index (χ1v) is 9.84. The van der Waals surface area contributed by atoms with Gasteiger partial charge in [0.25, 0.3) is 5.91 Å². The van der Waals surface area contributed by atoms with Gasteiger partial charge in [0.05, 0.1) is 11.6 Å². The van der Waals surface area contributed by atoms with E-state index in [0.717, 1.165) is 32.0 Å². The number of benzene rings is 2. The Morgan fingerprint density at radius 2 is 1.70 bits per heavy atom. The van der Waals surface area contributed by atoms with E-state index in [1.807, 2.05) is 12.1 Å². The molecule has 0 bridgehead atoms. The van der Waals surface area contributed by atoms with Crippen molar-refractivity contribution in [1.29, 1.82) is 5.26 Å². The maximum absolute atomic E-state index is 12.4. The van der Waals surface area contributed by atoms with Gasteiger partial charge in [0.1, 0.15) is 0 Å². The zero-order chi connectivity index (χ0) is 20.9. The largest absolute Gasteiger partial charge is 0.368 e. The molecule has 4 rings (SSSR count). The molecule has 1 aromatic heterocycles. The fourth-order valence-electron chi connectivity index (χ4n) is 3.46. The van der Waals surface area contributed by atoms with Crippen LogP contribution in [-0.4, -0.2) is 42.3 Å². The highest BCUT2D eigenvalue weighted by Crippen LogP contribution is 2.20. The number of nitrogens with one attached hydrogen (secondary N) is 1. The number of carbonyl (C=O) groups is 1. The predicted molar refractivity (Wildman–Crippen MR) is 117 cm³/mol. The number of hydrogen-bond donors (Lipinski definition) is 1. The van der Waals surface area contributed by atoms with Crippen molar-refractivity contribution < 1.29 is 4.79 Å². The lowest BCUT2D eigenvalue weighted by molar-refractivity contribution is 0.102. The van der Waals surface area contributed by atoms with Crippen molar-refractivity contribution in [3.05, 3.63) is 77.5 Å². The van der Waals surface area contributed by atoms with Gasteiger partial charge in [-0.05, 0) is 61.0 Å². The van der Waals surface area contributed by atoms with Crippen LogP contribution in [0.1, 0.15) is 21.6 Å². The molecule has 1 N–H and O–H groups in total. The molecule has 0 aliphatic carbocycles. The van der Waals surface area contributed by atoms with Crippen LogP contribution in [0.2, 0.25) is 0 Å². The molecule has 1 saturated heterocycles. The summed E-state index contributed by atoms with van der Waals surface area (Å²) in [5.74, 6) is 0.442. The Labute approximate surface area is 175 Å². The topological polar surface area (TPSA) is 85.1 Å². The Morgan fingerprint density at radius 3 is 2.33 bits per heavy atom. The molecule has 1 fully saturated rings. The number of nitriles is 1. The molecule has 30 heavy (non-hydrogen) atoms. The van der Waals surface area contributed by atoms with Gasteiger partial charge in [-0.1, -0.05) is 12.1 Å². The van der Waals surface area contributed by atoms with Crippen molar-refractivity contribution in [2.75, 3.05) is 41.3 Å². The highest BCUT2D eigenvalue weighted by atomic mass is 16.1. The van der Waals surface area contributed by atoms with E-state index in [1.54, 1.807) is 30.3 Å². The van der Waals surface area contributed by atoms with Gasteiger partial charge < -0.3 is 15.1 Å². The second-order valence-corrected chi connectivity index (χ2v) is 7.23. The number of nitrogens with zero attached hydrogens (tertiary/aromatic N) is 5. The van der Waals surface area contributed by atoms with Crippen molar-refractivity contribution in [2.45, 2.75) is 6.92 Å². The third kappa shape index (κ3) is 4.39. The average molecular weight is 398 g/mol. The first-order chi connectivity index (χ1) is 14.6. The Kier molecular flexibility index (Phi) is 5.57. The molecule has 0 radical (unpaired) electrons. The summed E-state index contributed by atoms with van der Waals surface area (Å²) >= 11 is 0. The summed E-state index contributed by atoms with van der Waals surface area (Å²) < 4.78 is 0. The number of hydrogen-bond acceptors (Lipinski definition) is 6. The second-order valence-electron chi connectivity index (χ2n) is 7.23. The number of carbonyl (C=O) groups excluding carboxylic acids is 1. The lowest BCUT2D eigenvalue weighted by Crippen LogP contribution is -2.47. The standard InChI is InChI=1S/C23H22N6O/c1-17-3-2-4-20(15-17)28-11-13-29(14-12-28)22-10-9-21(26-27-22)23(30)25-19-7-5-18(16-24)6-8-19/h2-10,15H,11-14H2,1H3,(H,25,30). The lowest BCUT2D eigenvalue weighted by Gasteiger charge is -2.36. The number of piperazine rings is 1. The Morgan fingerprint density at radius 1 is 0.967 bits per heavy atom. The smallest absolute Gasteiger partial charge is 0.276 e. The molecule has 0 saturated carbocycles. The minimum Gasteiger partial charge on any atom is -0.368 e. The van der Waals surface area contributed by atoms with Crippen molar-refractivity contribution in [1.82, 2.24) is 10.2 Å². The predicted octanol–water partition coefficient (Wildman–Crippen LogP) is 3.24. The monoisotopic (exact) mass is 398 g/mol. The number of amides is 1. The molecule has 1 aliphatic heterocycles. The molecule has 0 unspecified atom stereocenters. The number of aryl methyl sites for hydroxylation is 1. The molecule has 7 heteroatoms. The zero-order valence-electron chi connectivity index (χ0n) is 16.7. The van der Waals surface area contributed by atoms with Crippen LogP contribution in [0, 0.1) is 18.3 Å². The summed E-state index contributed by atoms with van der Waals surface area (Å²) in [5, 5.41) is 20.0. The van der Waals surface area contributed by atoms with Crippen LogP contribution >= 0.6 is 0 Å². The molecule has 3 aromatic rings. The quantitative estimate of drug-likeness (QED) is 0.726. The van der Waals surface area contributed by atoms with E-state index in [0.29, 0.717) is 11.3 Å². The summed E-state index contributed by atoms with van der Waals surface area (Å²) in [5.41, 5.74) is 3.91. The third-order valence-corrected chi connectivity index (χ3v) is 5.13. The van der Waals surface area contributed by atoms with Crippen LogP contribution < -0.4 is 15.1 Å². The van der Waals surface area contributed by atoms with Gasteiger partial charge >= 0.3 is 0 Å². The Hall–Kier alpha value is -3.92. The Bertz CT molecular complexity index is 1060. The van der Waals surface area contributed by atoms with Gasteiger partial charge in [-0.15, -0.1) is 10.2 Å².